The van der Waals surface area contributed by atoms with E-state index in [0.29, 0.717) is 5.69 Å². The minimum Gasteiger partial charge on any atom is -0.288 e. The van der Waals surface area contributed by atoms with E-state index in [0.717, 1.165) is 10.7 Å². The fourth-order valence-corrected chi connectivity index (χ4v) is 2.05. The molecule has 0 atom stereocenters. The highest BCUT2D eigenvalue weighted by Gasteiger charge is 2.13. The number of hydrogen-bond acceptors (Lipinski definition) is 3. The van der Waals surface area contributed by atoms with Crippen LogP contribution in [-0.4, -0.2) is 15.2 Å². The van der Waals surface area contributed by atoms with Gasteiger partial charge in [-0.3, -0.25) is 9.20 Å². The summed E-state index contributed by atoms with van der Waals surface area (Å²) in [4.78, 5) is 16.5. The third-order valence-corrected chi connectivity index (χ3v) is 2.61. The molecule has 2 aromatic heterocycles. The average molecular weight is 192 g/mol. The van der Waals surface area contributed by atoms with E-state index in [4.69, 9.17) is 0 Å². The van der Waals surface area contributed by atoms with Gasteiger partial charge >= 0.3 is 0 Å². The van der Waals surface area contributed by atoms with Gasteiger partial charge in [-0.05, 0) is 13.0 Å². The van der Waals surface area contributed by atoms with Crippen molar-refractivity contribution in [3.05, 3.63) is 35.6 Å². The van der Waals surface area contributed by atoms with E-state index >= 15 is 0 Å². The Bertz CT molecular complexity index is 481. The van der Waals surface area contributed by atoms with Crippen LogP contribution < -0.4 is 0 Å². The van der Waals surface area contributed by atoms with Crippen LogP contribution in [0.4, 0.5) is 0 Å². The highest BCUT2D eigenvalue weighted by molar-refractivity contribution is 7.15. The van der Waals surface area contributed by atoms with Crippen molar-refractivity contribution in [2.24, 2.45) is 0 Å². The number of aryl methyl sites for hydroxylation is 1. The van der Waals surface area contributed by atoms with Gasteiger partial charge in [-0.15, -0.1) is 11.3 Å². The van der Waals surface area contributed by atoms with Gasteiger partial charge in [0.25, 0.3) is 0 Å². The van der Waals surface area contributed by atoms with E-state index in [1.165, 1.54) is 17.4 Å². The number of aromatic nitrogens is 2. The van der Waals surface area contributed by atoms with E-state index < -0.39 is 0 Å². The average Bonchev–Trinajstić information content (AvgIpc) is 2.62. The Balaban J connectivity index is 2.77. The lowest BCUT2D eigenvalue weighted by Gasteiger charge is -1.93. The lowest BCUT2D eigenvalue weighted by Crippen LogP contribution is -2.00. The second-order valence-corrected chi connectivity index (χ2v) is 3.54. The lowest BCUT2D eigenvalue weighted by atomic mass is 10.2. The van der Waals surface area contributed by atoms with E-state index in [1.807, 2.05) is 18.5 Å². The summed E-state index contributed by atoms with van der Waals surface area (Å²) in [6.07, 6.45) is 3.16. The van der Waals surface area contributed by atoms with Crippen LogP contribution in [0.3, 0.4) is 0 Å². The zero-order valence-electron chi connectivity index (χ0n) is 7.15. The molecule has 66 valence electrons. The van der Waals surface area contributed by atoms with E-state index in [9.17, 15) is 4.79 Å². The molecule has 0 aromatic carbocycles. The van der Waals surface area contributed by atoms with Crippen molar-refractivity contribution in [2.45, 2.75) is 6.92 Å². The molecule has 0 bridgehead atoms. The normalized spacial score (nSPS) is 10.5. The Kier molecular flexibility index (Phi) is 1.77. The van der Waals surface area contributed by atoms with Gasteiger partial charge in [0.1, 0.15) is 5.69 Å². The molecule has 4 heteroatoms. The number of fused-ring (bicyclic) bond motifs is 1. The Labute approximate surface area is 79.3 Å². The molecule has 0 amide bonds. The first kappa shape index (κ1) is 8.19. The summed E-state index contributed by atoms with van der Waals surface area (Å²) in [6.45, 7) is 5.29. The summed E-state index contributed by atoms with van der Waals surface area (Å²) in [5.74, 6) is -0.0802. The second-order valence-electron chi connectivity index (χ2n) is 2.67. The summed E-state index contributed by atoms with van der Waals surface area (Å²) in [5, 5.41) is 1.90. The summed E-state index contributed by atoms with van der Waals surface area (Å²) < 4.78 is 1.80. The van der Waals surface area contributed by atoms with Gasteiger partial charge in [0, 0.05) is 11.6 Å². The standard InChI is InChI=1S/C9H8N2OS/c1-3-7(12)8-6(2)10-9-11(8)4-5-13-9/h3-5H,1H2,2H3. The highest BCUT2D eigenvalue weighted by atomic mass is 32.1. The molecular formula is C9H8N2OS. The van der Waals surface area contributed by atoms with E-state index in [-0.39, 0.29) is 5.78 Å². The maximum Gasteiger partial charge on any atom is 0.203 e. The number of hydrogen-bond donors (Lipinski definition) is 0. The number of ketones is 1. The van der Waals surface area contributed by atoms with Crippen LogP contribution in [-0.2, 0) is 0 Å². The number of carbonyl (C=O) groups is 1. The number of nitrogens with zero attached hydrogens (tertiary/aromatic N) is 2. The zero-order chi connectivity index (χ0) is 9.42. The predicted molar refractivity (Wildman–Crippen MR) is 52.3 cm³/mol. The third-order valence-electron chi connectivity index (χ3n) is 1.86. The molecule has 0 aliphatic rings. The van der Waals surface area contributed by atoms with Crippen LogP contribution in [0.2, 0.25) is 0 Å². The van der Waals surface area contributed by atoms with Crippen molar-refractivity contribution in [1.29, 1.82) is 0 Å². The molecule has 0 saturated heterocycles. The minimum atomic E-state index is -0.0802. The van der Waals surface area contributed by atoms with Crippen LogP contribution in [0, 0.1) is 6.92 Å². The molecule has 2 heterocycles. The molecule has 3 nitrogen and oxygen atoms in total. The molecule has 2 aromatic rings. The Morgan fingerprint density at radius 1 is 1.77 bits per heavy atom. The van der Waals surface area contributed by atoms with Crippen LogP contribution in [0.1, 0.15) is 16.2 Å². The fraction of sp³-hybridized carbons (Fsp3) is 0.111. The fourth-order valence-electron chi connectivity index (χ4n) is 1.29. The molecule has 0 aliphatic carbocycles. The molecule has 0 unspecified atom stereocenters. The third kappa shape index (κ3) is 1.10. The molecule has 0 radical (unpaired) electrons. The summed E-state index contributed by atoms with van der Waals surface area (Å²) in [6, 6.07) is 0. The van der Waals surface area contributed by atoms with Gasteiger partial charge in [-0.25, -0.2) is 4.98 Å². The first-order valence-electron chi connectivity index (χ1n) is 3.83. The Morgan fingerprint density at radius 3 is 3.23 bits per heavy atom. The molecule has 0 aliphatic heterocycles. The number of thiazole rings is 1. The largest absolute Gasteiger partial charge is 0.288 e. The maximum atomic E-state index is 11.4. The predicted octanol–water partition coefficient (Wildman–Crippen LogP) is 2.07. The first-order valence-corrected chi connectivity index (χ1v) is 4.71. The van der Waals surface area contributed by atoms with Crippen LogP contribution >= 0.6 is 11.3 Å². The SMILES string of the molecule is C=CC(=O)c1c(C)nc2sccn12. The molecule has 13 heavy (non-hydrogen) atoms. The van der Waals surface area contributed by atoms with Crippen molar-refractivity contribution in [3.8, 4) is 0 Å². The van der Waals surface area contributed by atoms with Crippen molar-refractivity contribution in [3.63, 3.8) is 0 Å². The van der Waals surface area contributed by atoms with Crippen molar-refractivity contribution < 1.29 is 4.79 Å². The van der Waals surface area contributed by atoms with Crippen LogP contribution in [0.5, 0.6) is 0 Å². The Hall–Kier alpha value is -1.42. The second kappa shape index (κ2) is 2.81. The summed E-state index contributed by atoms with van der Waals surface area (Å²) in [7, 11) is 0. The van der Waals surface area contributed by atoms with Gasteiger partial charge in [0.15, 0.2) is 4.96 Å². The smallest absolute Gasteiger partial charge is 0.203 e. The van der Waals surface area contributed by atoms with Gasteiger partial charge in [0.2, 0.25) is 5.78 Å². The van der Waals surface area contributed by atoms with Crippen molar-refractivity contribution in [1.82, 2.24) is 9.38 Å². The van der Waals surface area contributed by atoms with Gasteiger partial charge in [-0.2, -0.15) is 0 Å². The molecule has 0 saturated carbocycles. The lowest BCUT2D eigenvalue weighted by molar-refractivity contribution is 0.104. The summed E-state index contributed by atoms with van der Waals surface area (Å²) >= 11 is 1.52. The highest BCUT2D eigenvalue weighted by Crippen LogP contribution is 2.17. The number of imidazole rings is 1. The van der Waals surface area contributed by atoms with E-state index in [2.05, 4.69) is 11.6 Å². The zero-order valence-corrected chi connectivity index (χ0v) is 7.97. The molecule has 0 N–H and O–H groups in total. The minimum absolute atomic E-state index is 0.0802. The van der Waals surface area contributed by atoms with Gasteiger partial charge < -0.3 is 0 Å². The van der Waals surface area contributed by atoms with Gasteiger partial charge in [0.05, 0.1) is 5.69 Å². The monoisotopic (exact) mass is 192 g/mol. The topological polar surface area (TPSA) is 34.4 Å². The molecule has 2 rings (SSSR count). The molecule has 0 spiro atoms. The summed E-state index contributed by atoms with van der Waals surface area (Å²) in [5.41, 5.74) is 1.38. The van der Waals surface area contributed by atoms with E-state index in [1.54, 1.807) is 4.40 Å². The number of rotatable bonds is 2. The quantitative estimate of drug-likeness (QED) is 0.539. The molecule has 0 fully saturated rings. The maximum absolute atomic E-state index is 11.4. The van der Waals surface area contributed by atoms with Crippen LogP contribution in [0.15, 0.2) is 24.2 Å². The number of allylic oxidation sites excluding steroid dienone is 1. The van der Waals surface area contributed by atoms with Crippen LogP contribution in [0.25, 0.3) is 4.96 Å². The van der Waals surface area contributed by atoms with Gasteiger partial charge in [-0.1, -0.05) is 6.58 Å². The Morgan fingerprint density at radius 2 is 2.54 bits per heavy atom. The first-order chi connectivity index (χ1) is 6.24. The molecular weight excluding hydrogens is 184 g/mol. The van der Waals surface area contributed by atoms with Crippen molar-refractivity contribution in [2.75, 3.05) is 0 Å². The number of carbonyl (C=O) groups excluding carboxylic acids is 1. The van der Waals surface area contributed by atoms with Crippen molar-refractivity contribution >= 4 is 22.1 Å².